The Hall–Kier alpha value is -2.85. The second-order valence-corrected chi connectivity index (χ2v) is 8.15. The predicted molar refractivity (Wildman–Crippen MR) is 113 cm³/mol. The van der Waals surface area contributed by atoms with Gasteiger partial charge < -0.3 is 15.0 Å². The van der Waals surface area contributed by atoms with Crippen LogP contribution in [0, 0.1) is 11.3 Å². The first-order valence-electron chi connectivity index (χ1n) is 9.87. The molecule has 0 saturated carbocycles. The van der Waals surface area contributed by atoms with Crippen molar-refractivity contribution in [3.05, 3.63) is 45.8 Å². The minimum absolute atomic E-state index is 0.0187. The van der Waals surface area contributed by atoms with Gasteiger partial charge in [0.15, 0.2) is 0 Å². The first-order valence-corrected chi connectivity index (χ1v) is 10.7. The number of amides is 2. The molecular weight excluding hydrogens is 386 g/mol. The van der Waals surface area contributed by atoms with E-state index in [1.54, 1.807) is 36.1 Å². The Morgan fingerprint density at radius 3 is 2.69 bits per heavy atom. The molecule has 2 aromatic rings. The number of carbonyl (C=O) groups excluding carboxylic acids is 2. The molecule has 1 N–H and O–H groups in total. The molecule has 0 radical (unpaired) electrons. The number of anilines is 1. The highest BCUT2D eigenvalue weighted by atomic mass is 32.1. The summed E-state index contributed by atoms with van der Waals surface area (Å²) in [7, 11) is 0. The Bertz CT molecular complexity index is 928. The standard InChI is InChI=1S/C22H25N3O3S/c1-3-4-5-12-28-17-8-6-16(7-9-17)21(27)24-22-19(13-23)18-10-11-25(15(2)26)14-20(18)29-22/h6-9H,3-5,10-12,14H2,1-2H3,(H,24,27). The number of benzene rings is 1. The molecule has 6 nitrogen and oxygen atoms in total. The van der Waals surface area contributed by atoms with Crippen molar-refractivity contribution in [2.75, 3.05) is 18.5 Å². The van der Waals surface area contributed by atoms with Crippen LogP contribution in [0.15, 0.2) is 24.3 Å². The lowest BCUT2D eigenvalue weighted by Gasteiger charge is -2.25. The van der Waals surface area contributed by atoms with Gasteiger partial charge in [-0.15, -0.1) is 11.3 Å². The molecule has 2 amide bonds. The van der Waals surface area contributed by atoms with E-state index >= 15 is 0 Å². The average Bonchev–Trinajstić information content (AvgIpc) is 3.07. The van der Waals surface area contributed by atoms with Gasteiger partial charge in [-0.3, -0.25) is 9.59 Å². The van der Waals surface area contributed by atoms with E-state index < -0.39 is 0 Å². The molecule has 2 heterocycles. The molecule has 3 rings (SSSR count). The molecular formula is C22H25N3O3S. The maximum absolute atomic E-state index is 12.7. The number of carbonyl (C=O) groups is 2. The number of rotatable bonds is 7. The van der Waals surface area contributed by atoms with Crippen molar-refractivity contribution in [3.63, 3.8) is 0 Å². The molecule has 0 bridgehead atoms. The molecule has 29 heavy (non-hydrogen) atoms. The summed E-state index contributed by atoms with van der Waals surface area (Å²) in [5.74, 6) is 0.498. The number of nitrogens with zero attached hydrogens (tertiary/aromatic N) is 2. The molecule has 1 aromatic carbocycles. The Balaban J connectivity index is 1.68. The third-order valence-electron chi connectivity index (χ3n) is 4.97. The summed E-state index contributed by atoms with van der Waals surface area (Å²) in [6.07, 6.45) is 3.93. The van der Waals surface area contributed by atoms with Gasteiger partial charge >= 0.3 is 0 Å². The van der Waals surface area contributed by atoms with E-state index in [1.807, 2.05) is 0 Å². The molecule has 0 spiro atoms. The van der Waals surface area contributed by atoms with Crippen molar-refractivity contribution in [1.82, 2.24) is 4.90 Å². The Morgan fingerprint density at radius 1 is 1.28 bits per heavy atom. The summed E-state index contributed by atoms with van der Waals surface area (Å²) in [6, 6.07) is 9.24. The highest BCUT2D eigenvalue weighted by Crippen LogP contribution is 2.37. The molecule has 152 valence electrons. The van der Waals surface area contributed by atoms with E-state index in [1.165, 1.54) is 11.3 Å². The SMILES string of the molecule is CCCCCOc1ccc(C(=O)Nc2sc3c(c2C#N)CCN(C(C)=O)C3)cc1. The summed E-state index contributed by atoms with van der Waals surface area (Å²) in [5.41, 5.74) is 1.96. The van der Waals surface area contributed by atoms with Gasteiger partial charge in [0.25, 0.3) is 5.91 Å². The van der Waals surface area contributed by atoms with Gasteiger partial charge in [-0.05, 0) is 42.7 Å². The fourth-order valence-corrected chi connectivity index (χ4v) is 4.51. The summed E-state index contributed by atoms with van der Waals surface area (Å²) in [4.78, 5) is 27.0. The van der Waals surface area contributed by atoms with Gasteiger partial charge in [0.1, 0.15) is 16.8 Å². The lowest BCUT2D eigenvalue weighted by atomic mass is 10.0. The molecule has 0 unspecified atom stereocenters. The van der Waals surface area contributed by atoms with Crippen LogP contribution in [0.2, 0.25) is 0 Å². The van der Waals surface area contributed by atoms with Crippen LogP contribution in [0.3, 0.4) is 0 Å². The van der Waals surface area contributed by atoms with Crippen LogP contribution in [-0.4, -0.2) is 29.9 Å². The summed E-state index contributed by atoms with van der Waals surface area (Å²) in [6.45, 7) is 5.45. The third kappa shape index (κ3) is 4.96. The molecule has 1 aliphatic heterocycles. The van der Waals surface area contributed by atoms with E-state index in [-0.39, 0.29) is 11.8 Å². The number of unbranched alkanes of at least 4 members (excludes halogenated alkanes) is 2. The fourth-order valence-electron chi connectivity index (χ4n) is 3.30. The molecule has 0 fully saturated rings. The number of hydrogen-bond donors (Lipinski definition) is 1. The maximum atomic E-state index is 12.7. The second kappa shape index (κ2) is 9.57. The number of fused-ring (bicyclic) bond motifs is 1. The van der Waals surface area contributed by atoms with Crippen LogP contribution in [-0.2, 0) is 17.8 Å². The van der Waals surface area contributed by atoms with Crippen molar-refractivity contribution in [2.24, 2.45) is 0 Å². The smallest absolute Gasteiger partial charge is 0.256 e. The van der Waals surface area contributed by atoms with E-state index in [0.717, 1.165) is 35.5 Å². The van der Waals surface area contributed by atoms with Crippen molar-refractivity contribution in [3.8, 4) is 11.8 Å². The first kappa shape index (κ1) is 20.9. The third-order valence-corrected chi connectivity index (χ3v) is 6.11. The first-order chi connectivity index (χ1) is 14.0. The van der Waals surface area contributed by atoms with Crippen molar-refractivity contribution < 1.29 is 14.3 Å². The molecule has 0 saturated heterocycles. The van der Waals surface area contributed by atoms with Gasteiger partial charge in [-0.25, -0.2) is 0 Å². The molecule has 7 heteroatoms. The van der Waals surface area contributed by atoms with Crippen LogP contribution < -0.4 is 10.1 Å². The fraction of sp³-hybridized carbons (Fsp3) is 0.409. The molecule has 0 aliphatic carbocycles. The summed E-state index contributed by atoms with van der Waals surface area (Å²) < 4.78 is 5.68. The zero-order chi connectivity index (χ0) is 20.8. The van der Waals surface area contributed by atoms with Crippen molar-refractivity contribution in [2.45, 2.75) is 46.1 Å². The van der Waals surface area contributed by atoms with Crippen LogP contribution in [0.25, 0.3) is 0 Å². The molecule has 1 aliphatic rings. The Labute approximate surface area is 175 Å². The van der Waals surface area contributed by atoms with Crippen LogP contribution in [0.1, 0.15) is 59.5 Å². The highest BCUT2D eigenvalue weighted by molar-refractivity contribution is 7.16. The zero-order valence-corrected chi connectivity index (χ0v) is 17.6. The average molecular weight is 412 g/mol. The lowest BCUT2D eigenvalue weighted by Crippen LogP contribution is -2.33. The van der Waals surface area contributed by atoms with Gasteiger partial charge in [-0.2, -0.15) is 5.26 Å². The predicted octanol–water partition coefficient (Wildman–Crippen LogP) is 4.35. The highest BCUT2D eigenvalue weighted by Gasteiger charge is 2.26. The van der Waals surface area contributed by atoms with Crippen LogP contribution in [0.5, 0.6) is 5.75 Å². The number of thiophene rings is 1. The van der Waals surface area contributed by atoms with Gasteiger partial charge in [0.05, 0.1) is 18.7 Å². The number of ether oxygens (including phenoxy) is 1. The van der Waals surface area contributed by atoms with Crippen LogP contribution >= 0.6 is 11.3 Å². The lowest BCUT2D eigenvalue weighted by molar-refractivity contribution is -0.129. The molecule has 1 aromatic heterocycles. The largest absolute Gasteiger partial charge is 0.494 e. The Kier molecular flexibility index (Phi) is 6.89. The van der Waals surface area contributed by atoms with Crippen molar-refractivity contribution in [1.29, 1.82) is 5.26 Å². The number of hydrogen-bond acceptors (Lipinski definition) is 5. The van der Waals surface area contributed by atoms with Gasteiger partial charge in [0.2, 0.25) is 5.91 Å². The minimum atomic E-state index is -0.263. The van der Waals surface area contributed by atoms with Crippen molar-refractivity contribution >= 4 is 28.2 Å². The maximum Gasteiger partial charge on any atom is 0.256 e. The van der Waals surface area contributed by atoms with Crippen LogP contribution in [0.4, 0.5) is 5.00 Å². The summed E-state index contributed by atoms with van der Waals surface area (Å²) in [5, 5.41) is 13.0. The molecule has 0 atom stereocenters. The van der Waals surface area contributed by atoms with E-state index in [2.05, 4.69) is 18.3 Å². The Morgan fingerprint density at radius 2 is 2.03 bits per heavy atom. The monoisotopic (exact) mass is 411 g/mol. The quantitative estimate of drug-likeness (QED) is 0.687. The minimum Gasteiger partial charge on any atom is -0.494 e. The number of nitrogens with one attached hydrogen (secondary N) is 1. The zero-order valence-electron chi connectivity index (χ0n) is 16.8. The normalized spacial score (nSPS) is 12.8. The van der Waals surface area contributed by atoms with Gasteiger partial charge in [-0.1, -0.05) is 19.8 Å². The topological polar surface area (TPSA) is 82.4 Å². The van der Waals surface area contributed by atoms with Gasteiger partial charge in [0, 0.05) is 23.9 Å². The van der Waals surface area contributed by atoms with E-state index in [9.17, 15) is 14.9 Å². The second-order valence-electron chi connectivity index (χ2n) is 7.04. The van der Waals surface area contributed by atoms with E-state index in [4.69, 9.17) is 4.74 Å². The summed E-state index contributed by atoms with van der Waals surface area (Å²) >= 11 is 1.38. The number of nitriles is 1. The van der Waals surface area contributed by atoms with E-state index in [0.29, 0.717) is 42.2 Å².